The smallest absolute Gasteiger partial charge is 0.284 e. The highest BCUT2D eigenvalue weighted by molar-refractivity contribution is 5.79. The van der Waals surface area contributed by atoms with Gasteiger partial charge in [-0.15, -0.1) is 0 Å². The van der Waals surface area contributed by atoms with Gasteiger partial charge >= 0.3 is 0 Å². The number of nitrogens with one attached hydrogen (secondary N) is 1. The molecule has 1 amide bonds. The second-order valence-corrected chi connectivity index (χ2v) is 3.53. The van der Waals surface area contributed by atoms with Crippen molar-refractivity contribution in [1.29, 1.82) is 0 Å². The Bertz CT molecular complexity index is 386. The third-order valence-corrected chi connectivity index (χ3v) is 2.04. The first kappa shape index (κ1) is 14.4. The van der Waals surface area contributed by atoms with Gasteiger partial charge in [-0.3, -0.25) is 9.63 Å². The first-order valence-corrected chi connectivity index (χ1v) is 5.46. The van der Waals surface area contributed by atoms with E-state index in [4.69, 9.17) is 14.3 Å². The van der Waals surface area contributed by atoms with E-state index in [0.717, 1.165) is 0 Å². The van der Waals surface area contributed by atoms with E-state index in [1.165, 1.54) is 25.3 Å². The fraction of sp³-hybridized carbons (Fsp3) is 0.417. The molecule has 1 aromatic rings. The van der Waals surface area contributed by atoms with Crippen LogP contribution in [-0.4, -0.2) is 32.3 Å². The van der Waals surface area contributed by atoms with E-state index in [2.05, 4.69) is 5.48 Å². The standard InChI is InChI=1S/C12H16FNO4/c1-9(12(15)14-17-7-6-16-2)18-11-5-3-4-10(13)8-11/h3-5,8-9H,6-7H2,1-2H3,(H,14,15). The lowest BCUT2D eigenvalue weighted by Crippen LogP contribution is -2.36. The molecule has 0 saturated heterocycles. The van der Waals surface area contributed by atoms with E-state index in [0.29, 0.717) is 6.61 Å². The third-order valence-electron chi connectivity index (χ3n) is 2.04. The van der Waals surface area contributed by atoms with Crippen LogP contribution in [-0.2, 0) is 14.4 Å². The summed E-state index contributed by atoms with van der Waals surface area (Å²) < 4.78 is 22.9. The molecule has 18 heavy (non-hydrogen) atoms. The van der Waals surface area contributed by atoms with E-state index in [1.807, 2.05) is 0 Å². The summed E-state index contributed by atoms with van der Waals surface area (Å²) in [6, 6.07) is 5.57. The highest BCUT2D eigenvalue weighted by atomic mass is 19.1. The average Bonchev–Trinajstić information content (AvgIpc) is 2.34. The van der Waals surface area contributed by atoms with Crippen molar-refractivity contribution in [3.63, 3.8) is 0 Å². The second kappa shape index (κ2) is 7.62. The number of rotatable bonds is 7. The number of ether oxygens (including phenoxy) is 2. The molecule has 1 unspecified atom stereocenters. The maximum absolute atomic E-state index is 12.9. The van der Waals surface area contributed by atoms with Crippen molar-refractivity contribution in [1.82, 2.24) is 5.48 Å². The number of hydroxylamine groups is 1. The summed E-state index contributed by atoms with van der Waals surface area (Å²) in [6.07, 6.45) is -0.783. The molecule has 1 aromatic carbocycles. The molecule has 100 valence electrons. The van der Waals surface area contributed by atoms with E-state index >= 15 is 0 Å². The van der Waals surface area contributed by atoms with Crippen LogP contribution >= 0.6 is 0 Å². The molecule has 0 aromatic heterocycles. The summed E-state index contributed by atoms with van der Waals surface area (Å²) in [5.41, 5.74) is 2.21. The molecule has 0 heterocycles. The summed E-state index contributed by atoms with van der Waals surface area (Å²) >= 11 is 0. The molecule has 0 saturated carbocycles. The van der Waals surface area contributed by atoms with Crippen LogP contribution in [0.4, 0.5) is 4.39 Å². The van der Waals surface area contributed by atoms with Gasteiger partial charge in [0.05, 0.1) is 13.2 Å². The number of benzene rings is 1. The van der Waals surface area contributed by atoms with Gasteiger partial charge in [0.25, 0.3) is 5.91 Å². The molecule has 0 fully saturated rings. The summed E-state index contributed by atoms with van der Waals surface area (Å²) in [4.78, 5) is 16.3. The minimum Gasteiger partial charge on any atom is -0.481 e. The maximum atomic E-state index is 12.9. The lowest BCUT2D eigenvalue weighted by atomic mass is 10.3. The van der Waals surface area contributed by atoms with Crippen LogP contribution < -0.4 is 10.2 Å². The Hall–Kier alpha value is -1.66. The number of methoxy groups -OCH3 is 1. The monoisotopic (exact) mass is 257 g/mol. The molecule has 0 radical (unpaired) electrons. The third kappa shape index (κ3) is 5.11. The molecule has 0 aliphatic carbocycles. The molecule has 0 spiro atoms. The second-order valence-electron chi connectivity index (χ2n) is 3.53. The van der Waals surface area contributed by atoms with Crippen LogP contribution in [0.3, 0.4) is 0 Å². The molecule has 0 aliphatic rings. The van der Waals surface area contributed by atoms with Crippen molar-refractivity contribution in [2.45, 2.75) is 13.0 Å². The highest BCUT2D eigenvalue weighted by Gasteiger charge is 2.14. The average molecular weight is 257 g/mol. The summed E-state index contributed by atoms with van der Waals surface area (Å²) in [5.74, 6) is -0.582. The molecular formula is C12H16FNO4. The van der Waals surface area contributed by atoms with E-state index < -0.39 is 17.8 Å². The summed E-state index contributed by atoms with van der Waals surface area (Å²) in [6.45, 7) is 2.16. The van der Waals surface area contributed by atoms with Crippen LogP contribution in [0.1, 0.15) is 6.92 Å². The van der Waals surface area contributed by atoms with Gasteiger partial charge in [-0.1, -0.05) is 6.07 Å². The number of hydrogen-bond acceptors (Lipinski definition) is 4. The molecule has 1 rings (SSSR count). The largest absolute Gasteiger partial charge is 0.481 e. The SMILES string of the molecule is COCCONC(=O)C(C)Oc1cccc(F)c1. The van der Waals surface area contributed by atoms with Crippen molar-refractivity contribution >= 4 is 5.91 Å². The van der Waals surface area contributed by atoms with Crippen LogP contribution in [0.2, 0.25) is 0 Å². The Kier molecular flexibility index (Phi) is 6.10. The van der Waals surface area contributed by atoms with Crippen molar-refractivity contribution in [3.8, 4) is 5.75 Å². The first-order valence-electron chi connectivity index (χ1n) is 5.46. The van der Waals surface area contributed by atoms with Crippen molar-refractivity contribution in [3.05, 3.63) is 30.1 Å². The van der Waals surface area contributed by atoms with Gasteiger partial charge < -0.3 is 9.47 Å². The Labute approximate surface area is 105 Å². The topological polar surface area (TPSA) is 56.8 Å². The fourth-order valence-electron chi connectivity index (χ4n) is 1.13. The maximum Gasteiger partial charge on any atom is 0.284 e. The van der Waals surface area contributed by atoms with Crippen LogP contribution in [0.25, 0.3) is 0 Å². The first-order chi connectivity index (χ1) is 8.63. The minimum atomic E-state index is -0.783. The minimum absolute atomic E-state index is 0.245. The van der Waals surface area contributed by atoms with Gasteiger partial charge in [0.1, 0.15) is 11.6 Å². The zero-order valence-electron chi connectivity index (χ0n) is 10.3. The molecule has 0 aliphatic heterocycles. The zero-order chi connectivity index (χ0) is 13.4. The van der Waals surface area contributed by atoms with E-state index in [9.17, 15) is 9.18 Å². The van der Waals surface area contributed by atoms with E-state index in [-0.39, 0.29) is 12.4 Å². The Morgan fingerprint density at radius 1 is 1.44 bits per heavy atom. The fourth-order valence-corrected chi connectivity index (χ4v) is 1.13. The number of amides is 1. The van der Waals surface area contributed by atoms with Gasteiger partial charge in [-0.25, -0.2) is 9.87 Å². The van der Waals surface area contributed by atoms with Crippen molar-refractivity contribution in [2.24, 2.45) is 0 Å². The normalized spacial score (nSPS) is 11.9. The molecule has 1 N–H and O–H groups in total. The molecule has 6 heteroatoms. The van der Waals surface area contributed by atoms with Gasteiger partial charge in [0, 0.05) is 13.2 Å². The Morgan fingerprint density at radius 3 is 2.89 bits per heavy atom. The van der Waals surface area contributed by atoms with Gasteiger partial charge in [0.15, 0.2) is 6.10 Å². The number of carbonyl (C=O) groups is 1. The van der Waals surface area contributed by atoms with Gasteiger partial charge in [-0.2, -0.15) is 0 Å². The van der Waals surface area contributed by atoms with E-state index in [1.54, 1.807) is 13.0 Å². The molecule has 1 atom stereocenters. The number of halogens is 1. The molecular weight excluding hydrogens is 241 g/mol. The van der Waals surface area contributed by atoms with Gasteiger partial charge in [-0.05, 0) is 19.1 Å². The van der Waals surface area contributed by atoms with Crippen LogP contribution in [0.5, 0.6) is 5.75 Å². The summed E-state index contributed by atoms with van der Waals surface area (Å²) in [5, 5.41) is 0. The highest BCUT2D eigenvalue weighted by Crippen LogP contribution is 2.13. The van der Waals surface area contributed by atoms with Gasteiger partial charge in [0.2, 0.25) is 0 Å². The number of hydrogen-bond donors (Lipinski definition) is 1. The summed E-state index contributed by atoms with van der Waals surface area (Å²) in [7, 11) is 1.53. The van der Waals surface area contributed by atoms with Crippen LogP contribution in [0, 0.1) is 5.82 Å². The Morgan fingerprint density at radius 2 is 2.22 bits per heavy atom. The lowest BCUT2D eigenvalue weighted by molar-refractivity contribution is -0.141. The Balaban J connectivity index is 2.35. The van der Waals surface area contributed by atoms with Crippen LogP contribution in [0.15, 0.2) is 24.3 Å². The lowest BCUT2D eigenvalue weighted by Gasteiger charge is -2.14. The predicted octanol–water partition coefficient (Wildman–Crippen LogP) is 1.29. The molecule has 0 bridgehead atoms. The zero-order valence-corrected chi connectivity index (χ0v) is 10.3. The predicted molar refractivity (Wildman–Crippen MR) is 62.5 cm³/mol. The number of carbonyl (C=O) groups excluding carboxylic acids is 1. The molecule has 5 nitrogen and oxygen atoms in total. The van der Waals surface area contributed by atoms with Crippen molar-refractivity contribution < 1.29 is 23.5 Å². The van der Waals surface area contributed by atoms with Crippen molar-refractivity contribution in [2.75, 3.05) is 20.3 Å². The quantitative estimate of drug-likeness (QED) is 0.590.